The number of benzene rings is 2. The molecule has 0 radical (unpaired) electrons. The van der Waals surface area contributed by atoms with E-state index < -0.39 is 6.61 Å². The third-order valence-corrected chi connectivity index (χ3v) is 4.18. The summed E-state index contributed by atoms with van der Waals surface area (Å²) in [4.78, 5) is 14.5. The first-order valence-corrected chi connectivity index (χ1v) is 8.46. The Balaban J connectivity index is 2.12. The van der Waals surface area contributed by atoms with E-state index in [-0.39, 0.29) is 29.0 Å². The quantitative estimate of drug-likeness (QED) is 0.762. The molecule has 0 saturated heterocycles. The number of amides is 1. The number of rotatable bonds is 8. The summed E-state index contributed by atoms with van der Waals surface area (Å²) >= 11 is 0. The number of aryl methyl sites for hydroxylation is 1. The molecule has 0 aliphatic carbocycles. The summed E-state index contributed by atoms with van der Waals surface area (Å²) < 4.78 is 34.5. The zero-order valence-corrected chi connectivity index (χ0v) is 15.8. The summed E-state index contributed by atoms with van der Waals surface area (Å²) in [6.45, 7) is -0.623. The standard InChI is InChI=1S/C20H24F2N2O3/c1-13-5-7-14(8-6-13)16(24(2)3)12-23-19(25)15-9-10-17(26-4)18(11-15)27-20(21)22/h5-11,16,20H,12H2,1-4H3,(H,23,25). The topological polar surface area (TPSA) is 50.8 Å². The molecule has 2 rings (SSSR count). The van der Waals surface area contributed by atoms with Crippen LogP contribution in [0.2, 0.25) is 0 Å². The number of methoxy groups -OCH3 is 1. The molecule has 0 aliphatic heterocycles. The lowest BCUT2D eigenvalue weighted by Crippen LogP contribution is -2.34. The maximum atomic E-state index is 12.5. The van der Waals surface area contributed by atoms with Gasteiger partial charge in [-0.1, -0.05) is 29.8 Å². The fourth-order valence-corrected chi connectivity index (χ4v) is 2.68. The molecule has 7 heteroatoms. The van der Waals surface area contributed by atoms with Gasteiger partial charge in [-0.25, -0.2) is 0 Å². The third kappa shape index (κ3) is 5.65. The molecule has 1 N–H and O–H groups in total. The maximum absolute atomic E-state index is 12.5. The Morgan fingerprint density at radius 1 is 1.11 bits per heavy atom. The molecule has 2 aromatic rings. The molecule has 0 fully saturated rings. The van der Waals surface area contributed by atoms with E-state index in [2.05, 4.69) is 10.1 Å². The number of hydrogen-bond donors (Lipinski definition) is 1. The van der Waals surface area contributed by atoms with Gasteiger partial charge in [-0.15, -0.1) is 0 Å². The minimum absolute atomic E-state index is 0.0235. The minimum Gasteiger partial charge on any atom is -0.493 e. The Labute approximate surface area is 157 Å². The van der Waals surface area contributed by atoms with Gasteiger partial charge in [0.1, 0.15) is 0 Å². The second-order valence-electron chi connectivity index (χ2n) is 6.34. The van der Waals surface area contributed by atoms with Crippen LogP contribution in [0.15, 0.2) is 42.5 Å². The second-order valence-corrected chi connectivity index (χ2v) is 6.34. The van der Waals surface area contributed by atoms with E-state index in [1.165, 1.54) is 25.3 Å². The first kappa shape index (κ1) is 20.6. The average molecular weight is 378 g/mol. The molecule has 27 heavy (non-hydrogen) atoms. The first-order chi connectivity index (χ1) is 12.8. The van der Waals surface area contributed by atoms with Crippen LogP contribution in [-0.4, -0.2) is 45.2 Å². The molecule has 0 aliphatic rings. The normalized spacial score (nSPS) is 12.1. The molecular formula is C20H24F2N2O3. The van der Waals surface area contributed by atoms with Crippen LogP contribution in [0.4, 0.5) is 8.78 Å². The summed E-state index contributed by atoms with van der Waals surface area (Å²) in [5.74, 6) is -0.420. The second kappa shape index (κ2) is 9.32. The Bertz CT molecular complexity index is 764. The van der Waals surface area contributed by atoms with Gasteiger partial charge in [0.05, 0.1) is 13.2 Å². The van der Waals surface area contributed by atoms with Crippen molar-refractivity contribution in [2.24, 2.45) is 0 Å². The summed E-state index contributed by atoms with van der Waals surface area (Å²) in [7, 11) is 5.20. The lowest BCUT2D eigenvalue weighted by atomic mass is 10.0. The van der Waals surface area contributed by atoms with Crippen molar-refractivity contribution >= 4 is 5.91 Å². The van der Waals surface area contributed by atoms with Crippen LogP contribution in [0.5, 0.6) is 11.5 Å². The van der Waals surface area contributed by atoms with E-state index in [1.807, 2.05) is 50.2 Å². The number of ether oxygens (including phenoxy) is 2. The molecule has 0 spiro atoms. The number of nitrogens with one attached hydrogen (secondary N) is 1. The number of alkyl halides is 2. The summed E-state index contributed by atoms with van der Waals surface area (Å²) in [5.41, 5.74) is 2.44. The van der Waals surface area contributed by atoms with Gasteiger partial charge in [-0.2, -0.15) is 8.78 Å². The van der Waals surface area contributed by atoms with Gasteiger partial charge in [-0.3, -0.25) is 4.79 Å². The Kier molecular flexibility index (Phi) is 7.12. The molecule has 1 atom stereocenters. The fourth-order valence-electron chi connectivity index (χ4n) is 2.68. The van der Waals surface area contributed by atoms with Gasteiger partial charge in [0.2, 0.25) is 0 Å². The van der Waals surface area contributed by atoms with Gasteiger partial charge in [0.25, 0.3) is 5.91 Å². The number of hydrogen-bond acceptors (Lipinski definition) is 4. The van der Waals surface area contributed by atoms with E-state index in [0.717, 1.165) is 11.1 Å². The Morgan fingerprint density at radius 2 is 1.78 bits per heavy atom. The van der Waals surface area contributed by atoms with Crippen molar-refractivity contribution in [2.45, 2.75) is 19.6 Å². The van der Waals surface area contributed by atoms with Crippen LogP contribution < -0.4 is 14.8 Å². The number of nitrogens with zero attached hydrogens (tertiary/aromatic N) is 1. The largest absolute Gasteiger partial charge is 0.493 e. The van der Waals surface area contributed by atoms with Crippen molar-refractivity contribution in [1.29, 1.82) is 0 Å². The van der Waals surface area contributed by atoms with Crippen LogP contribution >= 0.6 is 0 Å². The fraction of sp³-hybridized carbons (Fsp3) is 0.350. The molecule has 0 aromatic heterocycles. The van der Waals surface area contributed by atoms with Gasteiger partial charge < -0.3 is 19.7 Å². The van der Waals surface area contributed by atoms with Crippen molar-refractivity contribution in [3.05, 3.63) is 59.2 Å². The number of likely N-dealkylation sites (N-methyl/N-ethyl adjacent to an activating group) is 1. The predicted molar refractivity (Wildman–Crippen MR) is 99.6 cm³/mol. The van der Waals surface area contributed by atoms with E-state index in [0.29, 0.717) is 6.54 Å². The molecule has 0 saturated carbocycles. The van der Waals surface area contributed by atoms with Gasteiger partial charge >= 0.3 is 6.61 Å². The first-order valence-electron chi connectivity index (χ1n) is 8.46. The van der Waals surface area contributed by atoms with Crippen molar-refractivity contribution in [3.63, 3.8) is 0 Å². The molecule has 0 bridgehead atoms. The smallest absolute Gasteiger partial charge is 0.387 e. The highest BCUT2D eigenvalue weighted by Crippen LogP contribution is 2.29. The zero-order chi connectivity index (χ0) is 20.0. The van der Waals surface area contributed by atoms with Crippen LogP contribution in [0, 0.1) is 6.92 Å². The van der Waals surface area contributed by atoms with E-state index in [9.17, 15) is 13.6 Å². The van der Waals surface area contributed by atoms with Crippen LogP contribution in [0.3, 0.4) is 0 Å². The summed E-state index contributed by atoms with van der Waals surface area (Å²) in [5, 5.41) is 2.85. The molecule has 5 nitrogen and oxygen atoms in total. The minimum atomic E-state index is -3.00. The highest BCUT2D eigenvalue weighted by Gasteiger charge is 2.18. The van der Waals surface area contributed by atoms with Crippen LogP contribution in [0.1, 0.15) is 27.5 Å². The highest BCUT2D eigenvalue weighted by atomic mass is 19.3. The average Bonchev–Trinajstić information content (AvgIpc) is 2.62. The number of halogens is 2. The number of carbonyl (C=O) groups is 1. The van der Waals surface area contributed by atoms with Gasteiger partial charge in [0, 0.05) is 12.1 Å². The molecule has 146 valence electrons. The third-order valence-electron chi connectivity index (χ3n) is 4.18. The Hall–Kier alpha value is -2.67. The van der Waals surface area contributed by atoms with Crippen LogP contribution in [-0.2, 0) is 0 Å². The van der Waals surface area contributed by atoms with Crippen molar-refractivity contribution < 1.29 is 23.0 Å². The molecule has 1 unspecified atom stereocenters. The molecular weight excluding hydrogens is 354 g/mol. The monoisotopic (exact) mass is 378 g/mol. The molecule has 0 heterocycles. The maximum Gasteiger partial charge on any atom is 0.387 e. The molecule has 2 aromatic carbocycles. The number of carbonyl (C=O) groups excluding carboxylic acids is 1. The summed E-state index contributed by atoms with van der Waals surface area (Å²) in [6.07, 6.45) is 0. The van der Waals surface area contributed by atoms with Crippen LogP contribution in [0.25, 0.3) is 0 Å². The van der Waals surface area contributed by atoms with Gasteiger partial charge in [-0.05, 0) is 44.8 Å². The highest BCUT2D eigenvalue weighted by molar-refractivity contribution is 5.94. The van der Waals surface area contributed by atoms with Crippen molar-refractivity contribution in [1.82, 2.24) is 10.2 Å². The Morgan fingerprint density at radius 3 is 2.33 bits per heavy atom. The lowest BCUT2D eigenvalue weighted by Gasteiger charge is -2.25. The van der Waals surface area contributed by atoms with E-state index >= 15 is 0 Å². The van der Waals surface area contributed by atoms with Crippen molar-refractivity contribution in [3.8, 4) is 11.5 Å². The van der Waals surface area contributed by atoms with E-state index in [4.69, 9.17) is 4.74 Å². The summed E-state index contributed by atoms with van der Waals surface area (Å²) in [6, 6.07) is 12.2. The predicted octanol–water partition coefficient (Wildman–Crippen LogP) is 3.64. The van der Waals surface area contributed by atoms with Gasteiger partial charge in [0.15, 0.2) is 11.5 Å². The zero-order valence-electron chi connectivity index (χ0n) is 15.8. The van der Waals surface area contributed by atoms with Crippen molar-refractivity contribution in [2.75, 3.05) is 27.7 Å². The molecule has 1 amide bonds. The SMILES string of the molecule is COc1ccc(C(=O)NCC(c2ccc(C)cc2)N(C)C)cc1OC(F)F. The lowest BCUT2D eigenvalue weighted by molar-refractivity contribution is -0.0512. The van der Waals surface area contributed by atoms with E-state index in [1.54, 1.807) is 0 Å².